The molecule has 5 aromatic carbocycles. The van der Waals surface area contributed by atoms with E-state index in [1.165, 1.54) is 6.08 Å². The van der Waals surface area contributed by atoms with Crippen LogP contribution in [-0.4, -0.2) is 25.0 Å². The lowest BCUT2D eigenvalue weighted by molar-refractivity contribution is -0.121. The normalized spacial score (nSPS) is 13.1. The van der Waals surface area contributed by atoms with Gasteiger partial charge in [-0.05, 0) is 71.8 Å². The summed E-state index contributed by atoms with van der Waals surface area (Å²) in [6.45, 7) is 0.566. The molecule has 1 fully saturated rings. The SMILES string of the molecule is COc1cc(COc2ccc(Br)cc2C=C2C(=O)N(c3ccccc3)C(=O)N(c3ccccc3)C2=O)ccc1OCc1ccccc1. The molecular weight excluding hydrogens is 660 g/mol. The van der Waals surface area contributed by atoms with E-state index in [1.807, 2.05) is 48.5 Å². The van der Waals surface area contributed by atoms with Crippen molar-refractivity contribution >= 4 is 51.2 Å². The van der Waals surface area contributed by atoms with Crippen LogP contribution in [0.5, 0.6) is 17.2 Å². The minimum atomic E-state index is -0.759. The van der Waals surface area contributed by atoms with Crippen LogP contribution in [0.2, 0.25) is 0 Å². The molecule has 0 unspecified atom stereocenters. The molecule has 1 aliphatic rings. The second-order valence-electron chi connectivity index (χ2n) is 10.5. The number of anilines is 2. The summed E-state index contributed by atoms with van der Waals surface area (Å²) in [4.78, 5) is 43.4. The van der Waals surface area contributed by atoms with Gasteiger partial charge < -0.3 is 14.2 Å². The maximum atomic E-state index is 13.9. The smallest absolute Gasteiger partial charge is 0.343 e. The Morgan fingerprint density at radius 2 is 1.13 bits per heavy atom. The summed E-state index contributed by atoms with van der Waals surface area (Å²) in [5.74, 6) is 0.119. The molecule has 0 N–H and O–H groups in total. The Morgan fingerprint density at radius 3 is 1.72 bits per heavy atom. The predicted molar refractivity (Wildman–Crippen MR) is 183 cm³/mol. The molecule has 4 amide bonds. The average molecular weight is 690 g/mol. The van der Waals surface area contributed by atoms with Crippen LogP contribution in [-0.2, 0) is 22.8 Å². The maximum Gasteiger partial charge on any atom is 0.343 e. The summed E-state index contributed by atoms with van der Waals surface area (Å²) < 4.78 is 18.5. The Balaban J connectivity index is 1.29. The number of imide groups is 2. The zero-order chi connectivity index (χ0) is 32.8. The Morgan fingerprint density at radius 1 is 0.596 bits per heavy atom. The molecule has 0 atom stereocenters. The topological polar surface area (TPSA) is 85.4 Å². The Labute approximate surface area is 280 Å². The van der Waals surface area contributed by atoms with Crippen molar-refractivity contribution in [2.24, 2.45) is 0 Å². The van der Waals surface area contributed by atoms with E-state index in [2.05, 4.69) is 15.9 Å². The molecule has 0 spiro atoms. The van der Waals surface area contributed by atoms with E-state index < -0.39 is 17.8 Å². The van der Waals surface area contributed by atoms with Gasteiger partial charge >= 0.3 is 6.03 Å². The zero-order valence-electron chi connectivity index (χ0n) is 25.3. The summed E-state index contributed by atoms with van der Waals surface area (Å²) in [5.41, 5.74) is 2.83. The Bertz CT molecular complexity index is 1880. The van der Waals surface area contributed by atoms with Gasteiger partial charge in [0.15, 0.2) is 11.5 Å². The Kier molecular flexibility index (Phi) is 9.45. The molecule has 1 heterocycles. The number of para-hydroxylation sites is 2. The van der Waals surface area contributed by atoms with Gasteiger partial charge in [-0.3, -0.25) is 9.59 Å². The number of urea groups is 1. The molecule has 0 aliphatic carbocycles. The summed E-state index contributed by atoms with van der Waals surface area (Å²) in [5, 5.41) is 0. The molecule has 0 bridgehead atoms. The molecule has 1 saturated heterocycles. The molecule has 0 aromatic heterocycles. The minimum absolute atomic E-state index is 0.166. The van der Waals surface area contributed by atoms with Crippen molar-refractivity contribution < 1.29 is 28.6 Å². The second-order valence-corrected chi connectivity index (χ2v) is 11.4. The lowest BCUT2D eigenvalue weighted by Crippen LogP contribution is -2.57. The van der Waals surface area contributed by atoms with Gasteiger partial charge in [-0.2, -0.15) is 0 Å². The van der Waals surface area contributed by atoms with Crippen molar-refractivity contribution in [1.29, 1.82) is 0 Å². The largest absolute Gasteiger partial charge is 0.493 e. The van der Waals surface area contributed by atoms with E-state index >= 15 is 0 Å². The third-order valence-corrected chi connectivity index (χ3v) is 7.90. The van der Waals surface area contributed by atoms with Crippen molar-refractivity contribution in [1.82, 2.24) is 0 Å². The number of benzene rings is 5. The van der Waals surface area contributed by atoms with Gasteiger partial charge in [0.05, 0.1) is 18.5 Å². The zero-order valence-corrected chi connectivity index (χ0v) is 26.9. The summed E-state index contributed by atoms with van der Waals surface area (Å²) in [7, 11) is 1.58. The summed E-state index contributed by atoms with van der Waals surface area (Å²) in [6.07, 6.45) is 1.46. The Hall–Kier alpha value is -5.67. The van der Waals surface area contributed by atoms with Crippen LogP contribution in [0.3, 0.4) is 0 Å². The van der Waals surface area contributed by atoms with Gasteiger partial charge in [-0.25, -0.2) is 14.6 Å². The molecule has 6 rings (SSSR count). The van der Waals surface area contributed by atoms with Gasteiger partial charge in [-0.1, -0.05) is 88.7 Å². The summed E-state index contributed by atoms with van der Waals surface area (Å²) in [6, 6.07) is 37.0. The van der Waals surface area contributed by atoms with Crippen LogP contribution in [0.4, 0.5) is 16.2 Å². The number of nitrogens with zero attached hydrogens (tertiary/aromatic N) is 2. The molecule has 8 nitrogen and oxygen atoms in total. The maximum absolute atomic E-state index is 13.9. The number of halogens is 1. The van der Waals surface area contributed by atoms with Crippen LogP contribution in [0, 0.1) is 0 Å². The van der Waals surface area contributed by atoms with Crippen molar-refractivity contribution in [3.63, 3.8) is 0 Å². The van der Waals surface area contributed by atoms with E-state index in [0.29, 0.717) is 45.3 Å². The number of methoxy groups -OCH3 is 1. The van der Waals surface area contributed by atoms with Crippen molar-refractivity contribution in [2.75, 3.05) is 16.9 Å². The van der Waals surface area contributed by atoms with Crippen molar-refractivity contribution in [3.05, 3.63) is 154 Å². The van der Waals surface area contributed by atoms with Crippen LogP contribution in [0.15, 0.2) is 137 Å². The first-order valence-electron chi connectivity index (χ1n) is 14.7. The number of amides is 4. The second kappa shape index (κ2) is 14.2. The third kappa shape index (κ3) is 6.95. The average Bonchev–Trinajstić information content (AvgIpc) is 3.10. The predicted octanol–water partition coefficient (Wildman–Crippen LogP) is 8.20. The van der Waals surface area contributed by atoms with Gasteiger partial charge in [0.25, 0.3) is 11.8 Å². The standard InChI is InChI=1S/C38H29BrN2O6/c1-45-35-21-27(17-19-34(35)47-24-26-11-5-2-6-12-26)25-46-33-20-18-29(39)22-28(33)23-32-36(42)40(30-13-7-3-8-14-30)38(44)41(37(32)43)31-15-9-4-10-16-31/h2-23H,24-25H2,1H3. The van der Waals surface area contributed by atoms with Crippen LogP contribution < -0.4 is 24.0 Å². The molecule has 9 heteroatoms. The monoisotopic (exact) mass is 688 g/mol. The summed E-state index contributed by atoms with van der Waals surface area (Å²) >= 11 is 3.49. The fourth-order valence-corrected chi connectivity index (χ4v) is 5.45. The van der Waals surface area contributed by atoms with Crippen LogP contribution in [0.1, 0.15) is 16.7 Å². The number of ether oxygens (including phenoxy) is 3. The third-order valence-electron chi connectivity index (χ3n) is 7.41. The number of carbonyl (C=O) groups excluding carboxylic acids is 3. The van der Waals surface area contributed by atoms with Gasteiger partial charge in [0.2, 0.25) is 0 Å². The highest BCUT2D eigenvalue weighted by Gasteiger charge is 2.43. The number of rotatable bonds is 10. The highest BCUT2D eigenvalue weighted by molar-refractivity contribution is 9.10. The molecule has 5 aromatic rings. The van der Waals surface area contributed by atoms with Crippen LogP contribution in [0.25, 0.3) is 6.08 Å². The van der Waals surface area contributed by atoms with E-state index in [9.17, 15) is 14.4 Å². The first kappa shape index (κ1) is 31.3. The first-order chi connectivity index (χ1) is 22.9. The van der Waals surface area contributed by atoms with Crippen molar-refractivity contribution in [2.45, 2.75) is 13.2 Å². The fraction of sp³-hybridized carbons (Fsp3) is 0.0789. The van der Waals surface area contributed by atoms with Gasteiger partial charge in [0.1, 0.15) is 24.5 Å². The highest BCUT2D eigenvalue weighted by atomic mass is 79.9. The molecule has 234 valence electrons. The quantitative estimate of drug-likeness (QED) is 0.109. The lowest BCUT2D eigenvalue weighted by Gasteiger charge is -2.34. The van der Waals surface area contributed by atoms with Gasteiger partial charge in [0, 0.05) is 10.0 Å². The molecule has 0 radical (unpaired) electrons. The van der Waals surface area contributed by atoms with E-state index in [-0.39, 0.29) is 12.2 Å². The number of barbiturate groups is 1. The van der Waals surface area contributed by atoms with E-state index in [4.69, 9.17) is 14.2 Å². The molecule has 0 saturated carbocycles. The van der Waals surface area contributed by atoms with E-state index in [0.717, 1.165) is 20.9 Å². The number of carbonyl (C=O) groups is 3. The highest BCUT2D eigenvalue weighted by Crippen LogP contribution is 2.33. The fourth-order valence-electron chi connectivity index (χ4n) is 5.08. The van der Waals surface area contributed by atoms with Gasteiger partial charge in [-0.15, -0.1) is 0 Å². The number of hydrogen-bond acceptors (Lipinski definition) is 6. The molecule has 1 aliphatic heterocycles. The molecular formula is C38H29BrN2O6. The van der Waals surface area contributed by atoms with E-state index in [1.54, 1.807) is 86.0 Å². The first-order valence-corrected chi connectivity index (χ1v) is 15.5. The lowest BCUT2D eigenvalue weighted by atomic mass is 10.0. The van der Waals surface area contributed by atoms with Crippen molar-refractivity contribution in [3.8, 4) is 17.2 Å². The molecule has 47 heavy (non-hydrogen) atoms. The van der Waals surface area contributed by atoms with Crippen LogP contribution >= 0.6 is 15.9 Å². The number of hydrogen-bond donors (Lipinski definition) is 0. The minimum Gasteiger partial charge on any atom is -0.493 e.